The summed E-state index contributed by atoms with van der Waals surface area (Å²) < 4.78 is 0. The highest BCUT2D eigenvalue weighted by Crippen LogP contribution is 2.08. The van der Waals surface area contributed by atoms with Crippen molar-refractivity contribution >= 4 is 0 Å². The Kier molecular flexibility index (Phi) is 3.83. The topological polar surface area (TPSA) is 46.0 Å². The predicted octanol–water partition coefficient (Wildman–Crippen LogP) is 1.43. The van der Waals surface area contributed by atoms with E-state index in [-0.39, 0.29) is 6.10 Å². The van der Waals surface area contributed by atoms with Gasteiger partial charge in [0.2, 0.25) is 0 Å². The third-order valence-electron chi connectivity index (χ3n) is 1.83. The second kappa shape index (κ2) is 4.92. The summed E-state index contributed by atoms with van der Waals surface area (Å²) in [5.41, 5.74) is 0.906. The van der Waals surface area contributed by atoms with Crippen molar-refractivity contribution in [1.82, 2.24) is 9.97 Å². The molecule has 0 amide bonds. The van der Waals surface area contributed by atoms with Crippen molar-refractivity contribution < 1.29 is 5.11 Å². The van der Waals surface area contributed by atoms with E-state index in [1.54, 1.807) is 6.20 Å². The molecule has 0 radical (unpaired) electrons. The number of nitrogens with zero attached hydrogens (tertiary/aromatic N) is 2. The third-order valence-corrected chi connectivity index (χ3v) is 1.83. The van der Waals surface area contributed by atoms with Crippen molar-refractivity contribution in [2.75, 3.05) is 0 Å². The van der Waals surface area contributed by atoms with E-state index >= 15 is 0 Å². The van der Waals surface area contributed by atoms with Crippen LogP contribution in [0.4, 0.5) is 0 Å². The first kappa shape index (κ1) is 10.1. The normalized spacial score (nSPS) is 13.2. The lowest BCUT2D eigenvalue weighted by Gasteiger charge is -2.11. The van der Waals surface area contributed by atoms with Gasteiger partial charge in [0.25, 0.3) is 0 Å². The number of aliphatic hydroxyl groups is 1. The van der Waals surface area contributed by atoms with Gasteiger partial charge in [-0.25, -0.2) is 9.97 Å². The molecule has 1 atom stereocenters. The molecule has 1 unspecified atom stereocenters. The van der Waals surface area contributed by atoms with Crippen LogP contribution in [0.2, 0.25) is 0 Å². The van der Waals surface area contributed by atoms with Crippen LogP contribution in [0.3, 0.4) is 0 Å². The zero-order valence-electron chi connectivity index (χ0n) is 8.14. The molecule has 0 spiro atoms. The molecule has 1 rings (SSSR count). The molecule has 0 fully saturated rings. The molecule has 0 saturated carbocycles. The van der Waals surface area contributed by atoms with E-state index in [1.807, 2.05) is 6.07 Å². The first-order chi connectivity index (χ1) is 6.18. The molecule has 0 saturated heterocycles. The van der Waals surface area contributed by atoms with E-state index in [4.69, 9.17) is 0 Å². The lowest BCUT2D eigenvalue weighted by atomic mass is 10.0. The largest absolute Gasteiger partial charge is 0.393 e. The minimum atomic E-state index is -0.283. The van der Waals surface area contributed by atoms with Gasteiger partial charge in [0.15, 0.2) is 0 Å². The molecule has 1 aromatic heterocycles. The highest BCUT2D eigenvalue weighted by Gasteiger charge is 2.08. The maximum Gasteiger partial charge on any atom is 0.115 e. The summed E-state index contributed by atoms with van der Waals surface area (Å²) in [5.74, 6) is 0.525. The fraction of sp³-hybridized carbons (Fsp3) is 0.600. The summed E-state index contributed by atoms with van der Waals surface area (Å²) >= 11 is 0. The molecule has 1 aromatic rings. The van der Waals surface area contributed by atoms with E-state index in [0.717, 1.165) is 12.1 Å². The SMILES string of the molecule is CC(C)CC(O)Cc1ccncn1. The van der Waals surface area contributed by atoms with Gasteiger partial charge in [0.1, 0.15) is 6.33 Å². The first-order valence-corrected chi connectivity index (χ1v) is 4.61. The van der Waals surface area contributed by atoms with Crippen molar-refractivity contribution in [3.05, 3.63) is 24.3 Å². The smallest absolute Gasteiger partial charge is 0.115 e. The van der Waals surface area contributed by atoms with Crippen molar-refractivity contribution in [3.8, 4) is 0 Å². The summed E-state index contributed by atoms with van der Waals surface area (Å²) in [5, 5.41) is 9.61. The summed E-state index contributed by atoms with van der Waals surface area (Å²) in [6, 6.07) is 1.84. The fourth-order valence-electron chi connectivity index (χ4n) is 1.31. The van der Waals surface area contributed by atoms with Crippen molar-refractivity contribution in [2.24, 2.45) is 5.92 Å². The number of aliphatic hydroxyl groups excluding tert-OH is 1. The van der Waals surface area contributed by atoms with Crippen LogP contribution in [0, 0.1) is 5.92 Å². The minimum Gasteiger partial charge on any atom is -0.393 e. The Balaban J connectivity index is 2.41. The highest BCUT2D eigenvalue weighted by atomic mass is 16.3. The zero-order chi connectivity index (χ0) is 9.68. The van der Waals surface area contributed by atoms with Gasteiger partial charge in [-0.1, -0.05) is 13.8 Å². The van der Waals surface area contributed by atoms with Crippen molar-refractivity contribution in [3.63, 3.8) is 0 Å². The first-order valence-electron chi connectivity index (χ1n) is 4.61. The standard InChI is InChI=1S/C10H16N2O/c1-8(2)5-10(13)6-9-3-4-11-7-12-9/h3-4,7-8,10,13H,5-6H2,1-2H3. The van der Waals surface area contributed by atoms with E-state index < -0.39 is 0 Å². The molecular weight excluding hydrogens is 164 g/mol. The molecule has 3 heteroatoms. The summed E-state index contributed by atoms with van der Waals surface area (Å²) in [6.45, 7) is 4.20. The molecule has 13 heavy (non-hydrogen) atoms. The van der Waals surface area contributed by atoms with Crippen LogP contribution in [-0.2, 0) is 6.42 Å². The van der Waals surface area contributed by atoms with Gasteiger partial charge in [-0.2, -0.15) is 0 Å². The van der Waals surface area contributed by atoms with Crippen LogP contribution >= 0.6 is 0 Å². The van der Waals surface area contributed by atoms with Gasteiger partial charge >= 0.3 is 0 Å². The lowest BCUT2D eigenvalue weighted by molar-refractivity contribution is 0.148. The quantitative estimate of drug-likeness (QED) is 0.762. The molecule has 0 aliphatic heterocycles. The number of rotatable bonds is 4. The average molecular weight is 180 g/mol. The second-order valence-corrected chi connectivity index (χ2v) is 3.69. The molecule has 1 N–H and O–H groups in total. The Hall–Kier alpha value is -0.960. The van der Waals surface area contributed by atoms with Crippen molar-refractivity contribution in [1.29, 1.82) is 0 Å². The number of aromatic nitrogens is 2. The lowest BCUT2D eigenvalue weighted by Crippen LogP contribution is -2.14. The van der Waals surface area contributed by atoms with Gasteiger partial charge < -0.3 is 5.11 Å². The van der Waals surface area contributed by atoms with Gasteiger partial charge in [0.05, 0.1) is 6.10 Å². The molecule has 0 aromatic carbocycles. The monoisotopic (exact) mass is 180 g/mol. The molecule has 72 valence electrons. The summed E-state index contributed by atoms with van der Waals surface area (Å²) in [6.07, 6.45) is 4.38. The highest BCUT2D eigenvalue weighted by molar-refractivity contribution is 4.99. The van der Waals surface area contributed by atoms with Crippen LogP contribution in [0.25, 0.3) is 0 Å². The molecule has 3 nitrogen and oxygen atoms in total. The van der Waals surface area contributed by atoms with E-state index in [1.165, 1.54) is 6.33 Å². The zero-order valence-corrected chi connectivity index (χ0v) is 8.14. The van der Waals surface area contributed by atoms with Gasteiger partial charge in [-0.15, -0.1) is 0 Å². The van der Waals surface area contributed by atoms with Crippen LogP contribution < -0.4 is 0 Å². The van der Waals surface area contributed by atoms with Gasteiger partial charge in [-0.05, 0) is 18.4 Å². The van der Waals surface area contributed by atoms with Crippen LogP contribution in [0.5, 0.6) is 0 Å². The molecular formula is C10H16N2O. The summed E-state index contributed by atoms with van der Waals surface area (Å²) in [4.78, 5) is 7.88. The molecule has 0 aliphatic carbocycles. The molecule has 0 aliphatic rings. The Labute approximate surface area is 78.9 Å². The van der Waals surface area contributed by atoms with E-state index in [9.17, 15) is 5.11 Å². The van der Waals surface area contributed by atoms with Gasteiger partial charge in [-0.3, -0.25) is 0 Å². The van der Waals surface area contributed by atoms with Crippen molar-refractivity contribution in [2.45, 2.75) is 32.8 Å². The van der Waals surface area contributed by atoms with Gasteiger partial charge in [0, 0.05) is 18.3 Å². The van der Waals surface area contributed by atoms with E-state index in [2.05, 4.69) is 23.8 Å². The number of hydrogen-bond donors (Lipinski definition) is 1. The second-order valence-electron chi connectivity index (χ2n) is 3.69. The maximum absolute atomic E-state index is 9.61. The third kappa shape index (κ3) is 3.99. The summed E-state index contributed by atoms with van der Waals surface area (Å²) in [7, 11) is 0. The van der Waals surface area contributed by atoms with Crippen LogP contribution in [-0.4, -0.2) is 21.2 Å². The predicted molar refractivity (Wildman–Crippen MR) is 51.2 cm³/mol. The molecule has 1 heterocycles. The van der Waals surface area contributed by atoms with E-state index in [0.29, 0.717) is 12.3 Å². The molecule has 0 bridgehead atoms. The van der Waals surface area contributed by atoms with Crippen LogP contribution in [0.1, 0.15) is 26.0 Å². The van der Waals surface area contributed by atoms with Crippen LogP contribution in [0.15, 0.2) is 18.6 Å². The Bertz CT molecular complexity index is 236. The Morgan fingerprint density at radius 1 is 1.46 bits per heavy atom. The number of hydrogen-bond acceptors (Lipinski definition) is 3. The average Bonchev–Trinajstić information content (AvgIpc) is 2.04. The Morgan fingerprint density at radius 2 is 2.23 bits per heavy atom. The fourth-order valence-corrected chi connectivity index (χ4v) is 1.31. The minimum absolute atomic E-state index is 0.283. The maximum atomic E-state index is 9.61. The Morgan fingerprint density at radius 3 is 2.77 bits per heavy atom.